The molecule has 166 valence electrons. The van der Waals surface area contributed by atoms with E-state index in [0.717, 1.165) is 65.8 Å². The van der Waals surface area contributed by atoms with E-state index < -0.39 is 0 Å². The second-order valence-corrected chi connectivity index (χ2v) is 8.79. The van der Waals surface area contributed by atoms with Crippen molar-refractivity contribution >= 4 is 16.8 Å². The van der Waals surface area contributed by atoms with Crippen molar-refractivity contribution in [3.8, 4) is 22.6 Å². The first-order valence-electron chi connectivity index (χ1n) is 11.2. The summed E-state index contributed by atoms with van der Waals surface area (Å²) in [7, 11) is 0. The molecule has 7 nitrogen and oxygen atoms in total. The van der Waals surface area contributed by atoms with E-state index in [4.69, 9.17) is 10.5 Å². The van der Waals surface area contributed by atoms with Crippen molar-refractivity contribution in [3.63, 3.8) is 0 Å². The number of amides is 1. The number of aromatic amines is 1. The molecule has 5 rings (SSSR count). The zero-order valence-corrected chi connectivity index (χ0v) is 18.0. The summed E-state index contributed by atoms with van der Waals surface area (Å²) in [6.07, 6.45) is 7.83. The predicted octanol–water partition coefficient (Wildman–Crippen LogP) is 3.60. The van der Waals surface area contributed by atoms with Crippen molar-refractivity contribution in [2.24, 2.45) is 11.7 Å². The number of fused-ring (bicyclic) bond motifs is 1. The number of ether oxygens (including phenoxy) is 1. The minimum atomic E-state index is -0.320. The number of phenolic OH excluding ortho intramolecular Hbond substituents is 1. The number of benzene rings is 2. The van der Waals surface area contributed by atoms with E-state index in [1.54, 1.807) is 18.3 Å². The third-order valence-corrected chi connectivity index (χ3v) is 6.60. The van der Waals surface area contributed by atoms with Crippen molar-refractivity contribution in [2.75, 3.05) is 19.6 Å². The lowest BCUT2D eigenvalue weighted by atomic mass is 9.76. The Morgan fingerprint density at radius 3 is 2.66 bits per heavy atom. The van der Waals surface area contributed by atoms with Crippen molar-refractivity contribution in [1.82, 2.24) is 15.1 Å². The Balaban J connectivity index is 1.30. The molecule has 0 unspecified atom stereocenters. The zero-order chi connectivity index (χ0) is 22.1. The summed E-state index contributed by atoms with van der Waals surface area (Å²) in [5.41, 5.74) is 9.29. The third kappa shape index (κ3) is 4.21. The lowest BCUT2D eigenvalue weighted by Crippen LogP contribution is -2.38. The van der Waals surface area contributed by atoms with Gasteiger partial charge in [-0.1, -0.05) is 18.2 Å². The van der Waals surface area contributed by atoms with Gasteiger partial charge in [-0.3, -0.25) is 14.8 Å². The molecule has 1 aromatic heterocycles. The molecule has 2 fully saturated rings. The number of carbonyl (C=O) groups is 1. The SMILES string of the molecule is NC(=O)C(=CCN1CCCC1)C1CC(Oc2cc(-c3ccc(O)cc3)cc3[nH]ncc23)C1. The number of hydrogen-bond donors (Lipinski definition) is 3. The summed E-state index contributed by atoms with van der Waals surface area (Å²) in [5, 5.41) is 17.7. The van der Waals surface area contributed by atoms with Crippen LogP contribution in [0.5, 0.6) is 11.5 Å². The molecule has 0 spiro atoms. The van der Waals surface area contributed by atoms with E-state index in [-0.39, 0.29) is 23.7 Å². The Morgan fingerprint density at radius 2 is 1.94 bits per heavy atom. The molecule has 7 heteroatoms. The number of carbonyl (C=O) groups excluding carboxylic acids is 1. The molecule has 4 N–H and O–H groups in total. The third-order valence-electron chi connectivity index (χ3n) is 6.60. The lowest BCUT2D eigenvalue weighted by Gasteiger charge is -2.36. The Bertz CT molecular complexity index is 1140. The second kappa shape index (κ2) is 8.67. The number of aromatic nitrogens is 2. The number of nitrogens with one attached hydrogen (secondary N) is 1. The summed E-state index contributed by atoms with van der Waals surface area (Å²) in [6, 6.07) is 11.1. The van der Waals surface area contributed by atoms with E-state index in [1.807, 2.05) is 30.3 Å². The summed E-state index contributed by atoms with van der Waals surface area (Å²) < 4.78 is 6.35. The minimum Gasteiger partial charge on any atom is -0.508 e. The van der Waals surface area contributed by atoms with Gasteiger partial charge in [0.25, 0.3) is 0 Å². The van der Waals surface area contributed by atoms with Crippen LogP contribution in [0.1, 0.15) is 25.7 Å². The fraction of sp³-hybridized carbons (Fsp3) is 0.360. The normalized spacial score (nSPS) is 21.6. The summed E-state index contributed by atoms with van der Waals surface area (Å²) >= 11 is 0. The molecule has 1 aliphatic carbocycles. The van der Waals surface area contributed by atoms with E-state index in [0.29, 0.717) is 0 Å². The first-order chi connectivity index (χ1) is 15.6. The van der Waals surface area contributed by atoms with Gasteiger partial charge in [0, 0.05) is 12.1 Å². The monoisotopic (exact) mass is 432 g/mol. The Hall–Kier alpha value is -3.32. The molecular weight excluding hydrogens is 404 g/mol. The van der Waals surface area contributed by atoms with E-state index in [1.165, 1.54) is 12.8 Å². The first-order valence-corrected chi connectivity index (χ1v) is 11.2. The molecule has 2 aromatic carbocycles. The van der Waals surface area contributed by atoms with Gasteiger partial charge in [0.15, 0.2) is 0 Å². The highest BCUT2D eigenvalue weighted by Crippen LogP contribution is 2.39. The average Bonchev–Trinajstić information content (AvgIpc) is 3.43. The fourth-order valence-electron chi connectivity index (χ4n) is 4.69. The van der Waals surface area contributed by atoms with Crippen LogP contribution in [-0.2, 0) is 4.79 Å². The van der Waals surface area contributed by atoms with E-state index in [2.05, 4.69) is 15.1 Å². The van der Waals surface area contributed by atoms with Crippen LogP contribution in [0.2, 0.25) is 0 Å². The van der Waals surface area contributed by atoms with Gasteiger partial charge in [0.05, 0.1) is 23.2 Å². The second-order valence-electron chi connectivity index (χ2n) is 8.79. The Labute approximate surface area is 186 Å². The number of likely N-dealkylation sites (tertiary alicyclic amines) is 1. The quantitative estimate of drug-likeness (QED) is 0.495. The molecule has 32 heavy (non-hydrogen) atoms. The van der Waals surface area contributed by atoms with Crippen LogP contribution in [0.4, 0.5) is 0 Å². The molecule has 0 radical (unpaired) electrons. The van der Waals surface area contributed by atoms with Gasteiger partial charge in [-0.15, -0.1) is 0 Å². The zero-order valence-electron chi connectivity index (χ0n) is 18.0. The number of hydrogen-bond acceptors (Lipinski definition) is 5. The van der Waals surface area contributed by atoms with Crippen LogP contribution in [0.15, 0.2) is 54.2 Å². The predicted molar refractivity (Wildman–Crippen MR) is 123 cm³/mol. The van der Waals surface area contributed by atoms with Gasteiger partial charge < -0.3 is 15.6 Å². The van der Waals surface area contributed by atoms with Gasteiger partial charge in [-0.2, -0.15) is 5.10 Å². The number of nitrogens with two attached hydrogens (primary N) is 1. The van der Waals surface area contributed by atoms with Crippen molar-refractivity contribution < 1.29 is 14.6 Å². The number of H-pyrrole nitrogens is 1. The highest BCUT2D eigenvalue weighted by molar-refractivity contribution is 5.93. The molecule has 1 saturated carbocycles. The van der Waals surface area contributed by atoms with Crippen LogP contribution < -0.4 is 10.5 Å². The molecule has 3 aromatic rings. The first kappa shape index (κ1) is 20.6. The molecule has 1 amide bonds. The van der Waals surface area contributed by atoms with Crippen molar-refractivity contribution in [1.29, 1.82) is 0 Å². The molecule has 2 heterocycles. The topological polar surface area (TPSA) is 104 Å². The fourth-order valence-corrected chi connectivity index (χ4v) is 4.69. The molecule has 1 saturated heterocycles. The molecule has 0 bridgehead atoms. The number of primary amides is 1. The smallest absolute Gasteiger partial charge is 0.244 e. The van der Waals surface area contributed by atoms with Crippen LogP contribution in [-0.4, -0.2) is 51.8 Å². The molecule has 1 aliphatic heterocycles. The molecule has 0 atom stereocenters. The number of nitrogens with zero attached hydrogens (tertiary/aromatic N) is 2. The maximum Gasteiger partial charge on any atom is 0.244 e. The Kier molecular flexibility index (Phi) is 5.57. The summed E-state index contributed by atoms with van der Waals surface area (Å²) in [5.74, 6) is 0.834. The van der Waals surface area contributed by atoms with Gasteiger partial charge in [0.1, 0.15) is 11.5 Å². The summed E-state index contributed by atoms with van der Waals surface area (Å²) in [4.78, 5) is 14.4. The maximum absolute atomic E-state index is 12.0. The maximum atomic E-state index is 12.0. The molecular formula is C25H28N4O3. The van der Waals surface area contributed by atoms with Crippen LogP contribution >= 0.6 is 0 Å². The molecule has 2 aliphatic rings. The van der Waals surface area contributed by atoms with Crippen molar-refractivity contribution in [2.45, 2.75) is 31.8 Å². The Morgan fingerprint density at radius 1 is 1.19 bits per heavy atom. The highest BCUT2D eigenvalue weighted by atomic mass is 16.5. The van der Waals surface area contributed by atoms with Crippen molar-refractivity contribution in [3.05, 3.63) is 54.2 Å². The van der Waals surface area contributed by atoms with Gasteiger partial charge in [-0.05, 0) is 80.1 Å². The highest BCUT2D eigenvalue weighted by Gasteiger charge is 2.35. The number of aromatic hydroxyl groups is 1. The van der Waals surface area contributed by atoms with Gasteiger partial charge in [0.2, 0.25) is 5.91 Å². The van der Waals surface area contributed by atoms with Crippen LogP contribution in [0.25, 0.3) is 22.0 Å². The van der Waals surface area contributed by atoms with E-state index in [9.17, 15) is 9.90 Å². The van der Waals surface area contributed by atoms with Gasteiger partial charge in [-0.25, -0.2) is 0 Å². The lowest BCUT2D eigenvalue weighted by molar-refractivity contribution is -0.115. The largest absolute Gasteiger partial charge is 0.508 e. The van der Waals surface area contributed by atoms with Crippen LogP contribution in [0.3, 0.4) is 0 Å². The van der Waals surface area contributed by atoms with E-state index >= 15 is 0 Å². The number of phenols is 1. The minimum absolute atomic E-state index is 0.0303. The van der Waals surface area contributed by atoms with Gasteiger partial charge >= 0.3 is 0 Å². The average molecular weight is 433 g/mol. The number of rotatable bonds is 7. The summed E-state index contributed by atoms with van der Waals surface area (Å²) in [6.45, 7) is 2.98. The standard InChI is InChI=1S/C25H28N4O3/c26-25(31)21(7-10-29-8-1-2-9-29)18-11-20(12-18)32-24-14-17(13-23-22(24)15-27-28-23)16-3-5-19(30)6-4-16/h3-7,13-15,18,20,30H,1-2,8-12H2,(H2,26,31)(H,27,28). The van der Waals surface area contributed by atoms with Crippen LogP contribution in [0, 0.1) is 5.92 Å².